The Kier molecular flexibility index (Phi) is 8.64. The summed E-state index contributed by atoms with van der Waals surface area (Å²) in [5.74, 6) is -0.109. The van der Waals surface area contributed by atoms with Crippen LogP contribution >= 0.6 is 0 Å². The average molecular weight is 615 g/mol. The number of aryl methyl sites for hydroxylation is 1. The summed E-state index contributed by atoms with van der Waals surface area (Å²) in [6.07, 6.45) is -3.92. The van der Waals surface area contributed by atoms with Crippen LogP contribution in [0.5, 0.6) is 6.01 Å². The molecule has 2 fully saturated rings. The number of nitrogens with zero attached hydrogens (tertiary/aromatic N) is 5. The molecule has 4 heterocycles. The van der Waals surface area contributed by atoms with Gasteiger partial charge in [-0.15, -0.1) is 0 Å². The van der Waals surface area contributed by atoms with Crippen LogP contribution in [0.3, 0.4) is 0 Å². The van der Waals surface area contributed by atoms with E-state index in [1.165, 1.54) is 23.2 Å². The van der Waals surface area contributed by atoms with Crippen molar-refractivity contribution in [3.8, 4) is 17.3 Å². The second-order valence-electron chi connectivity index (χ2n) is 11.5. The number of ether oxygens (including phenoxy) is 3. The maximum Gasteiger partial charge on any atom is 0.416 e. The second-order valence-corrected chi connectivity index (χ2v) is 11.5. The van der Waals surface area contributed by atoms with E-state index in [9.17, 15) is 22.8 Å². The number of likely N-dealkylation sites (tertiary alicyclic amines) is 1. The molecular weight excluding hydrogens is 581 g/mol. The number of hydrogen-bond donors (Lipinski definition) is 1. The Hall–Kier alpha value is -4.46. The van der Waals surface area contributed by atoms with Gasteiger partial charge in [-0.05, 0) is 52.0 Å². The minimum Gasteiger partial charge on any atom is -0.456 e. The normalized spacial score (nSPS) is 15.9. The molecule has 2 aliphatic heterocycles. The standard InChI is InChI=1S/C30H33F3N6O5/c1-18-23(13-21(15-34-18)35-26(40)19-6-5-7-20(12-19)30(31,32)33)24-14-25(38-8-10-42-11-9-38)37-27(36-24)43-22-16-39(17-22)28(41)44-29(2,3)4/h5-7,12-15,22H,8-11,16-17H2,1-4H3,(H,35,40). The third kappa shape index (κ3) is 7.54. The fourth-order valence-corrected chi connectivity index (χ4v) is 4.60. The lowest BCUT2D eigenvalue weighted by Crippen LogP contribution is -2.57. The molecule has 11 nitrogen and oxygen atoms in total. The van der Waals surface area contributed by atoms with Crippen LogP contribution in [0, 0.1) is 6.92 Å². The lowest BCUT2D eigenvalue weighted by atomic mass is 10.1. The first kappa shape index (κ1) is 31.0. The van der Waals surface area contributed by atoms with Crippen molar-refractivity contribution in [2.75, 3.05) is 49.6 Å². The molecule has 234 valence electrons. The summed E-state index contributed by atoms with van der Waals surface area (Å²) in [6, 6.07) is 7.73. The van der Waals surface area contributed by atoms with E-state index in [2.05, 4.69) is 20.3 Å². The molecule has 2 amide bonds. The Morgan fingerprint density at radius 3 is 2.45 bits per heavy atom. The van der Waals surface area contributed by atoms with Crippen LogP contribution in [-0.2, 0) is 15.7 Å². The second kappa shape index (κ2) is 12.3. The molecule has 0 radical (unpaired) electrons. The number of alkyl halides is 3. The molecule has 0 saturated carbocycles. The van der Waals surface area contributed by atoms with Gasteiger partial charge in [0.1, 0.15) is 17.5 Å². The van der Waals surface area contributed by atoms with Gasteiger partial charge >= 0.3 is 18.3 Å². The van der Waals surface area contributed by atoms with Gasteiger partial charge < -0.3 is 29.3 Å². The molecular formula is C30H33F3N6O5. The summed E-state index contributed by atoms with van der Waals surface area (Å²) in [5.41, 5.74) is 0.236. The Labute approximate surface area is 252 Å². The SMILES string of the molecule is Cc1ncc(NC(=O)c2cccc(C(F)(F)F)c2)cc1-c1cc(N2CCOCC2)nc(OC2CN(C(=O)OC(C)(C)C)C2)n1. The van der Waals surface area contributed by atoms with Crippen LogP contribution in [0.1, 0.15) is 42.4 Å². The molecule has 0 bridgehead atoms. The highest BCUT2D eigenvalue weighted by Gasteiger charge is 2.36. The highest BCUT2D eigenvalue weighted by atomic mass is 19.4. The zero-order valence-electron chi connectivity index (χ0n) is 24.8. The molecule has 1 aromatic carbocycles. The Balaban J connectivity index is 1.38. The van der Waals surface area contributed by atoms with Crippen molar-refractivity contribution in [2.24, 2.45) is 0 Å². The molecule has 2 aliphatic rings. The van der Waals surface area contributed by atoms with E-state index in [0.29, 0.717) is 62.2 Å². The number of aromatic nitrogens is 3. The monoisotopic (exact) mass is 614 g/mol. The van der Waals surface area contributed by atoms with Crippen LogP contribution in [0.25, 0.3) is 11.3 Å². The number of halogens is 3. The van der Waals surface area contributed by atoms with Gasteiger partial charge in [0, 0.05) is 36.0 Å². The highest BCUT2D eigenvalue weighted by Crippen LogP contribution is 2.31. The minimum atomic E-state index is -4.58. The zero-order valence-corrected chi connectivity index (χ0v) is 24.8. The van der Waals surface area contributed by atoms with Crippen molar-refractivity contribution in [3.05, 3.63) is 59.4 Å². The fourth-order valence-electron chi connectivity index (χ4n) is 4.60. The maximum absolute atomic E-state index is 13.2. The first-order valence-electron chi connectivity index (χ1n) is 14.1. The van der Waals surface area contributed by atoms with Gasteiger partial charge in [0.25, 0.3) is 5.91 Å². The van der Waals surface area contributed by atoms with E-state index in [1.54, 1.807) is 39.8 Å². The number of hydrogen-bond acceptors (Lipinski definition) is 9. The minimum absolute atomic E-state index is 0.107. The molecule has 3 aromatic rings. The van der Waals surface area contributed by atoms with Crippen LogP contribution < -0.4 is 15.0 Å². The third-order valence-electron chi connectivity index (χ3n) is 6.87. The largest absolute Gasteiger partial charge is 0.456 e. The first-order chi connectivity index (χ1) is 20.7. The van der Waals surface area contributed by atoms with Crippen LogP contribution in [0.2, 0.25) is 0 Å². The summed E-state index contributed by atoms with van der Waals surface area (Å²) in [5, 5.41) is 2.63. The molecule has 1 N–H and O–H groups in total. The highest BCUT2D eigenvalue weighted by molar-refractivity contribution is 6.04. The van der Waals surface area contributed by atoms with Crippen LogP contribution in [0.15, 0.2) is 42.6 Å². The summed E-state index contributed by atoms with van der Waals surface area (Å²) < 4.78 is 56.5. The zero-order chi connectivity index (χ0) is 31.6. The van der Waals surface area contributed by atoms with Gasteiger partial charge in [-0.3, -0.25) is 9.78 Å². The summed E-state index contributed by atoms with van der Waals surface area (Å²) in [7, 11) is 0. The van der Waals surface area contributed by atoms with E-state index < -0.39 is 29.3 Å². The van der Waals surface area contributed by atoms with Gasteiger partial charge in [0.2, 0.25) is 0 Å². The number of morpholine rings is 1. The Morgan fingerprint density at radius 1 is 1.05 bits per heavy atom. The topological polar surface area (TPSA) is 119 Å². The fraction of sp³-hybridized carbons (Fsp3) is 0.433. The van der Waals surface area contributed by atoms with E-state index in [4.69, 9.17) is 14.2 Å². The van der Waals surface area contributed by atoms with Crippen molar-refractivity contribution in [3.63, 3.8) is 0 Å². The number of benzene rings is 1. The molecule has 0 aliphatic carbocycles. The summed E-state index contributed by atoms with van der Waals surface area (Å²) >= 11 is 0. The number of amides is 2. The summed E-state index contributed by atoms with van der Waals surface area (Å²) in [6.45, 7) is 10.1. The first-order valence-corrected chi connectivity index (χ1v) is 14.1. The molecule has 14 heteroatoms. The lowest BCUT2D eigenvalue weighted by molar-refractivity contribution is -0.137. The number of carbonyl (C=O) groups excluding carboxylic acids is 2. The van der Waals surface area contributed by atoms with Crippen molar-refractivity contribution in [1.29, 1.82) is 0 Å². The van der Waals surface area contributed by atoms with E-state index >= 15 is 0 Å². The number of carbonyl (C=O) groups is 2. The van der Waals surface area contributed by atoms with Gasteiger partial charge in [0.15, 0.2) is 0 Å². The third-order valence-corrected chi connectivity index (χ3v) is 6.87. The molecule has 5 rings (SSSR count). The smallest absolute Gasteiger partial charge is 0.416 e. The molecule has 2 saturated heterocycles. The molecule has 2 aromatic heterocycles. The predicted octanol–water partition coefficient (Wildman–Crippen LogP) is 4.95. The molecule has 0 spiro atoms. The van der Waals surface area contributed by atoms with Crippen LogP contribution in [-0.4, -0.2) is 83.0 Å². The van der Waals surface area contributed by atoms with Gasteiger partial charge in [-0.25, -0.2) is 4.79 Å². The van der Waals surface area contributed by atoms with Crippen molar-refractivity contribution in [1.82, 2.24) is 19.9 Å². The van der Waals surface area contributed by atoms with Gasteiger partial charge in [-0.2, -0.15) is 23.1 Å². The van der Waals surface area contributed by atoms with Crippen molar-refractivity contribution < 1.29 is 37.0 Å². The average Bonchev–Trinajstić information content (AvgIpc) is 2.94. The maximum atomic E-state index is 13.2. The van der Waals surface area contributed by atoms with Gasteiger partial charge in [-0.1, -0.05) is 6.07 Å². The number of nitrogens with one attached hydrogen (secondary N) is 1. The number of pyridine rings is 1. The van der Waals surface area contributed by atoms with Crippen molar-refractivity contribution >= 4 is 23.5 Å². The quantitative estimate of drug-likeness (QED) is 0.411. The van der Waals surface area contributed by atoms with Crippen LogP contribution in [0.4, 0.5) is 29.5 Å². The lowest BCUT2D eigenvalue weighted by Gasteiger charge is -2.39. The predicted molar refractivity (Wildman–Crippen MR) is 155 cm³/mol. The Bertz CT molecular complexity index is 1530. The summed E-state index contributed by atoms with van der Waals surface area (Å²) in [4.78, 5) is 42.4. The Morgan fingerprint density at radius 2 is 1.77 bits per heavy atom. The number of anilines is 2. The van der Waals surface area contributed by atoms with Gasteiger partial charge in [0.05, 0.1) is 49.4 Å². The molecule has 0 atom stereocenters. The van der Waals surface area contributed by atoms with Crippen molar-refractivity contribution in [2.45, 2.75) is 45.6 Å². The van der Waals surface area contributed by atoms with E-state index in [0.717, 1.165) is 12.1 Å². The number of rotatable bonds is 6. The molecule has 0 unspecified atom stereocenters. The van der Waals surface area contributed by atoms with E-state index in [1.807, 2.05) is 4.90 Å². The van der Waals surface area contributed by atoms with E-state index in [-0.39, 0.29) is 23.4 Å². The molecule has 44 heavy (non-hydrogen) atoms.